The van der Waals surface area contributed by atoms with E-state index in [1.165, 1.54) is 6.42 Å². The fourth-order valence-corrected chi connectivity index (χ4v) is 6.43. The molecule has 0 saturated heterocycles. The third-order valence-electron chi connectivity index (χ3n) is 8.70. The molecule has 2 aliphatic carbocycles. The van der Waals surface area contributed by atoms with Crippen LogP contribution in [-0.4, -0.2) is 37.5 Å². The summed E-state index contributed by atoms with van der Waals surface area (Å²) >= 11 is 0. The Bertz CT molecular complexity index is 1210. The van der Waals surface area contributed by atoms with Gasteiger partial charge in [0, 0.05) is 24.2 Å². The van der Waals surface area contributed by atoms with Crippen LogP contribution < -0.4 is 29.6 Å². The first kappa shape index (κ1) is 27.2. The third-order valence-corrected chi connectivity index (χ3v) is 8.70. The Morgan fingerprint density at radius 1 is 0.610 bits per heavy atom. The van der Waals surface area contributed by atoms with E-state index in [2.05, 4.69) is 10.6 Å². The number of benzene rings is 2. The molecule has 2 amide bonds. The van der Waals surface area contributed by atoms with Crippen LogP contribution in [0, 0.1) is 11.8 Å². The second-order valence-electron chi connectivity index (χ2n) is 11.6. The number of fused-ring (bicyclic) bond motifs is 2. The van der Waals surface area contributed by atoms with E-state index in [9.17, 15) is 9.59 Å². The molecule has 2 aliphatic heterocycles. The number of hydrogen-bond donors (Lipinski definition) is 2. The first-order valence-electron chi connectivity index (χ1n) is 14.8. The Morgan fingerprint density at radius 2 is 1.02 bits per heavy atom. The molecule has 8 nitrogen and oxygen atoms in total. The predicted molar refractivity (Wildman–Crippen MR) is 156 cm³/mol. The van der Waals surface area contributed by atoms with Gasteiger partial charge in [-0.15, -0.1) is 0 Å². The van der Waals surface area contributed by atoms with E-state index in [1.54, 1.807) is 12.2 Å². The summed E-state index contributed by atoms with van der Waals surface area (Å²) < 4.78 is 21.5. The van der Waals surface area contributed by atoms with Crippen LogP contribution in [0.1, 0.15) is 68.9 Å². The van der Waals surface area contributed by atoms with Crippen LogP contribution in [-0.2, 0) is 9.59 Å². The molecular formula is C33H38N2O6. The van der Waals surface area contributed by atoms with Crippen molar-refractivity contribution in [2.75, 3.05) is 13.6 Å². The molecule has 2 aromatic rings. The minimum absolute atomic E-state index is 0.0442. The Balaban J connectivity index is 0.865. The molecule has 41 heavy (non-hydrogen) atoms. The van der Waals surface area contributed by atoms with Crippen LogP contribution in [0.2, 0.25) is 0 Å². The molecule has 2 heterocycles. The molecule has 2 N–H and O–H groups in total. The highest BCUT2D eigenvalue weighted by Gasteiger charge is 2.27. The average molecular weight is 559 g/mol. The lowest BCUT2D eigenvalue weighted by molar-refractivity contribution is -0.118. The number of carbonyl (C=O) groups is 2. The average Bonchev–Trinajstić information content (AvgIpc) is 3.66. The first-order chi connectivity index (χ1) is 20.1. The third kappa shape index (κ3) is 7.23. The van der Waals surface area contributed by atoms with Crippen LogP contribution >= 0.6 is 0 Å². The summed E-state index contributed by atoms with van der Waals surface area (Å²) in [5, 5.41) is 6.36. The van der Waals surface area contributed by atoms with Crippen molar-refractivity contribution in [2.24, 2.45) is 11.8 Å². The molecule has 0 unspecified atom stereocenters. The molecule has 6 rings (SSSR count). The Hall–Kier alpha value is -3.94. The van der Waals surface area contributed by atoms with E-state index >= 15 is 0 Å². The minimum Gasteiger partial charge on any atom is -0.454 e. The topological polar surface area (TPSA) is 95.1 Å². The normalized spacial score (nSPS) is 25.0. The molecule has 4 aliphatic rings. The fourth-order valence-electron chi connectivity index (χ4n) is 6.43. The Kier molecular flexibility index (Phi) is 8.44. The van der Waals surface area contributed by atoms with Gasteiger partial charge in [0.1, 0.15) is 0 Å². The zero-order valence-corrected chi connectivity index (χ0v) is 23.3. The quantitative estimate of drug-likeness (QED) is 0.409. The van der Waals surface area contributed by atoms with Gasteiger partial charge in [0.25, 0.3) is 0 Å². The lowest BCUT2D eigenvalue weighted by atomic mass is 9.75. The van der Waals surface area contributed by atoms with Gasteiger partial charge in [-0.2, -0.15) is 0 Å². The maximum atomic E-state index is 12.5. The number of carbonyl (C=O) groups excluding carboxylic acids is 2. The van der Waals surface area contributed by atoms with Crippen molar-refractivity contribution in [2.45, 2.75) is 69.9 Å². The van der Waals surface area contributed by atoms with E-state index < -0.39 is 0 Å². The van der Waals surface area contributed by atoms with Gasteiger partial charge in [-0.05, 0) is 117 Å². The monoisotopic (exact) mass is 558 g/mol. The SMILES string of the molecule is O=C(/C=C/c1ccc2c(c1)OCO2)NC1CCC(CC2CCC(NC(=O)/C=C/c3ccc4c(c3)OCO4)CC2)CC1. The Labute approximate surface area is 241 Å². The number of ether oxygens (including phenoxy) is 4. The van der Waals surface area contributed by atoms with Gasteiger partial charge in [-0.1, -0.05) is 12.1 Å². The van der Waals surface area contributed by atoms with Crippen LogP contribution in [0.15, 0.2) is 48.6 Å². The predicted octanol–water partition coefficient (Wildman–Crippen LogP) is 5.61. The van der Waals surface area contributed by atoms with E-state index in [1.807, 2.05) is 48.6 Å². The molecule has 0 bridgehead atoms. The van der Waals surface area contributed by atoms with E-state index in [0.29, 0.717) is 0 Å². The summed E-state index contributed by atoms with van der Waals surface area (Å²) in [6, 6.07) is 11.8. The minimum atomic E-state index is -0.0442. The molecule has 2 fully saturated rings. The van der Waals surface area contributed by atoms with Gasteiger partial charge in [0.2, 0.25) is 25.4 Å². The van der Waals surface area contributed by atoms with Crippen molar-refractivity contribution in [1.29, 1.82) is 0 Å². The summed E-state index contributed by atoms with van der Waals surface area (Å²) in [5.41, 5.74) is 1.83. The zero-order chi connectivity index (χ0) is 28.0. The second-order valence-corrected chi connectivity index (χ2v) is 11.6. The molecule has 0 radical (unpaired) electrons. The molecule has 2 saturated carbocycles. The lowest BCUT2D eigenvalue weighted by Crippen LogP contribution is -2.38. The number of rotatable bonds is 8. The standard InChI is InChI=1S/C33H38N2O6/c36-32(15-7-24-5-13-28-30(18-24)40-20-38-28)34-26-9-1-22(2-10-26)17-23-3-11-27(12-4-23)35-33(37)16-8-25-6-14-29-31(19-25)41-21-39-29/h5-8,13-16,18-19,22-23,26-27H,1-4,9-12,17,20-21H2,(H,34,36)(H,35,37)/b15-7+,16-8+. The molecular weight excluding hydrogens is 520 g/mol. The van der Waals surface area contributed by atoms with Gasteiger partial charge in [0.15, 0.2) is 23.0 Å². The largest absolute Gasteiger partial charge is 0.454 e. The van der Waals surface area contributed by atoms with Crippen molar-refractivity contribution >= 4 is 24.0 Å². The maximum absolute atomic E-state index is 12.5. The highest BCUT2D eigenvalue weighted by molar-refractivity contribution is 5.92. The fraction of sp³-hybridized carbons (Fsp3) is 0.455. The number of nitrogens with one attached hydrogen (secondary N) is 2. The van der Waals surface area contributed by atoms with Gasteiger partial charge in [-0.25, -0.2) is 0 Å². The highest BCUT2D eigenvalue weighted by Crippen LogP contribution is 2.36. The van der Waals surface area contributed by atoms with Crippen molar-refractivity contribution in [1.82, 2.24) is 10.6 Å². The highest BCUT2D eigenvalue weighted by atomic mass is 16.7. The first-order valence-corrected chi connectivity index (χ1v) is 14.8. The Morgan fingerprint density at radius 3 is 1.46 bits per heavy atom. The van der Waals surface area contributed by atoms with Crippen molar-refractivity contribution < 1.29 is 28.5 Å². The summed E-state index contributed by atoms with van der Waals surface area (Å²) in [7, 11) is 0. The van der Waals surface area contributed by atoms with Crippen LogP contribution in [0.5, 0.6) is 23.0 Å². The van der Waals surface area contributed by atoms with Crippen molar-refractivity contribution in [3.63, 3.8) is 0 Å². The number of hydrogen-bond acceptors (Lipinski definition) is 6. The summed E-state index contributed by atoms with van der Waals surface area (Å²) in [4.78, 5) is 25.0. The number of amides is 2. The van der Waals surface area contributed by atoms with E-state index in [4.69, 9.17) is 18.9 Å². The van der Waals surface area contributed by atoms with E-state index in [0.717, 1.165) is 97.3 Å². The summed E-state index contributed by atoms with van der Waals surface area (Å²) in [6.07, 6.45) is 16.9. The van der Waals surface area contributed by atoms with Gasteiger partial charge in [-0.3, -0.25) is 9.59 Å². The molecule has 2 aromatic carbocycles. The maximum Gasteiger partial charge on any atom is 0.244 e. The molecule has 0 aromatic heterocycles. The van der Waals surface area contributed by atoms with Crippen LogP contribution in [0.4, 0.5) is 0 Å². The zero-order valence-electron chi connectivity index (χ0n) is 23.3. The molecule has 8 heteroatoms. The van der Waals surface area contributed by atoms with Crippen LogP contribution in [0.3, 0.4) is 0 Å². The second kappa shape index (κ2) is 12.7. The lowest BCUT2D eigenvalue weighted by Gasteiger charge is -2.34. The molecule has 0 atom stereocenters. The summed E-state index contributed by atoms with van der Waals surface area (Å²) in [6.45, 7) is 0.488. The van der Waals surface area contributed by atoms with Crippen LogP contribution in [0.25, 0.3) is 12.2 Å². The van der Waals surface area contributed by atoms with Gasteiger partial charge < -0.3 is 29.6 Å². The van der Waals surface area contributed by atoms with E-state index in [-0.39, 0.29) is 37.5 Å². The van der Waals surface area contributed by atoms with Crippen molar-refractivity contribution in [3.05, 3.63) is 59.7 Å². The molecule has 216 valence electrons. The molecule has 0 spiro atoms. The van der Waals surface area contributed by atoms with Crippen molar-refractivity contribution in [3.8, 4) is 23.0 Å². The van der Waals surface area contributed by atoms with Gasteiger partial charge in [0.05, 0.1) is 0 Å². The van der Waals surface area contributed by atoms with Gasteiger partial charge >= 0.3 is 0 Å². The smallest absolute Gasteiger partial charge is 0.244 e. The summed E-state index contributed by atoms with van der Waals surface area (Å²) in [5.74, 6) is 4.29.